The van der Waals surface area contributed by atoms with E-state index < -0.39 is 11.7 Å². The van der Waals surface area contributed by atoms with Gasteiger partial charge in [0.25, 0.3) is 5.78 Å². The highest BCUT2D eigenvalue weighted by Gasteiger charge is 2.27. The lowest BCUT2D eigenvalue weighted by Gasteiger charge is -2.37. The second-order valence-electron chi connectivity index (χ2n) is 6.64. The van der Waals surface area contributed by atoms with Crippen LogP contribution in [0.5, 0.6) is 0 Å². The predicted molar refractivity (Wildman–Crippen MR) is 98.2 cm³/mol. The van der Waals surface area contributed by atoms with Crippen LogP contribution in [0.4, 0.5) is 5.82 Å². The summed E-state index contributed by atoms with van der Waals surface area (Å²) >= 11 is 1.08. The van der Waals surface area contributed by atoms with Gasteiger partial charge in [0, 0.05) is 24.8 Å². The van der Waals surface area contributed by atoms with Crippen LogP contribution in [-0.4, -0.2) is 56.7 Å². The third-order valence-corrected chi connectivity index (χ3v) is 5.52. The van der Waals surface area contributed by atoms with Crippen LogP contribution in [0.2, 0.25) is 0 Å². The van der Waals surface area contributed by atoms with E-state index in [1.165, 1.54) is 12.3 Å². The van der Waals surface area contributed by atoms with Gasteiger partial charge in [-0.25, -0.2) is 15.0 Å². The van der Waals surface area contributed by atoms with Crippen molar-refractivity contribution in [1.82, 2.24) is 20.2 Å². The lowest BCUT2D eigenvalue weighted by Crippen LogP contribution is -2.48. The third kappa shape index (κ3) is 3.13. The SMILES string of the molecule is CC1(N)CCN(c2cnc3c(SC4=CC=NC(=O)C4=O)n[nH]c3n2)CC1. The number of hydrogen-bond donors (Lipinski definition) is 2. The molecule has 4 heterocycles. The van der Waals surface area contributed by atoms with Gasteiger partial charge in [-0.15, -0.1) is 0 Å². The number of rotatable bonds is 3. The summed E-state index contributed by atoms with van der Waals surface area (Å²) in [7, 11) is 0. The molecule has 2 aliphatic rings. The Morgan fingerprint density at radius 3 is 2.85 bits per heavy atom. The minimum atomic E-state index is -0.778. The van der Waals surface area contributed by atoms with E-state index in [9.17, 15) is 9.59 Å². The fourth-order valence-corrected chi connectivity index (χ4v) is 3.69. The highest BCUT2D eigenvalue weighted by molar-refractivity contribution is 8.04. The summed E-state index contributed by atoms with van der Waals surface area (Å²) in [6, 6.07) is 0. The zero-order valence-corrected chi connectivity index (χ0v) is 14.9. The van der Waals surface area contributed by atoms with Crippen molar-refractivity contribution in [2.24, 2.45) is 10.7 Å². The Hall–Kier alpha value is -2.59. The first-order chi connectivity index (χ1) is 12.4. The normalized spacial score (nSPS) is 19.9. The Balaban J connectivity index is 1.56. The predicted octanol–water partition coefficient (Wildman–Crippen LogP) is 0.827. The van der Waals surface area contributed by atoms with Gasteiger partial charge in [0.05, 0.1) is 11.1 Å². The van der Waals surface area contributed by atoms with E-state index in [2.05, 4.69) is 37.0 Å². The number of nitrogens with one attached hydrogen (secondary N) is 1. The summed E-state index contributed by atoms with van der Waals surface area (Å²) in [6.45, 7) is 3.71. The summed E-state index contributed by atoms with van der Waals surface area (Å²) in [5.74, 6) is -0.653. The molecule has 134 valence electrons. The first-order valence-corrected chi connectivity index (χ1v) is 9.00. The lowest BCUT2D eigenvalue weighted by atomic mass is 9.91. The Morgan fingerprint density at radius 2 is 2.08 bits per heavy atom. The summed E-state index contributed by atoms with van der Waals surface area (Å²) in [5.41, 5.74) is 7.14. The van der Waals surface area contributed by atoms with Crippen molar-refractivity contribution in [2.75, 3.05) is 18.0 Å². The number of aromatic nitrogens is 4. The molecule has 0 atom stereocenters. The minimum absolute atomic E-state index is 0.132. The second-order valence-corrected chi connectivity index (χ2v) is 7.67. The highest BCUT2D eigenvalue weighted by Crippen LogP contribution is 2.32. The van der Waals surface area contributed by atoms with Crippen molar-refractivity contribution in [1.29, 1.82) is 0 Å². The molecule has 3 N–H and O–H groups in total. The molecule has 26 heavy (non-hydrogen) atoms. The Bertz CT molecular complexity index is 953. The van der Waals surface area contributed by atoms with E-state index >= 15 is 0 Å². The summed E-state index contributed by atoms with van der Waals surface area (Å²) in [5, 5.41) is 7.53. The van der Waals surface area contributed by atoms with Gasteiger partial charge in [-0.2, -0.15) is 5.10 Å². The Labute approximate surface area is 153 Å². The number of nitrogens with zero attached hydrogens (tertiary/aromatic N) is 5. The number of ketones is 1. The van der Waals surface area contributed by atoms with Crippen LogP contribution in [0.3, 0.4) is 0 Å². The standard InChI is InChI=1S/C16H17N7O2S/c1-16(17)3-6-23(7-4-16)10-8-19-11-13(20-10)21-22-15(11)26-9-2-5-18-14(25)12(9)24/h2,5,8H,3-4,6-7,17H2,1H3,(H,20,21,22). The second kappa shape index (κ2) is 6.29. The number of anilines is 1. The van der Waals surface area contributed by atoms with Crippen LogP contribution < -0.4 is 10.6 Å². The number of aliphatic imine (C=N–C) groups is 1. The molecule has 0 bridgehead atoms. The van der Waals surface area contributed by atoms with Crippen LogP contribution in [0.25, 0.3) is 11.2 Å². The number of fused-ring (bicyclic) bond motifs is 1. The number of hydrogen-bond acceptors (Lipinski definition) is 8. The fourth-order valence-electron chi connectivity index (χ4n) is 2.84. The minimum Gasteiger partial charge on any atom is -0.355 e. The quantitative estimate of drug-likeness (QED) is 0.759. The molecule has 2 aromatic heterocycles. The van der Waals surface area contributed by atoms with Crippen LogP contribution in [0, 0.1) is 0 Å². The van der Waals surface area contributed by atoms with Gasteiger partial charge in [-0.3, -0.25) is 14.7 Å². The molecular weight excluding hydrogens is 354 g/mol. The van der Waals surface area contributed by atoms with Gasteiger partial charge in [0.2, 0.25) is 0 Å². The molecule has 0 spiro atoms. The molecule has 9 nitrogen and oxygen atoms in total. The zero-order valence-electron chi connectivity index (χ0n) is 14.1. The molecule has 2 aliphatic heterocycles. The van der Waals surface area contributed by atoms with Crippen molar-refractivity contribution >= 4 is 46.6 Å². The number of allylic oxidation sites excluding steroid dienone is 1. The number of Topliss-reactive ketones (excluding diaryl/α,β-unsaturated/α-hetero) is 1. The zero-order chi connectivity index (χ0) is 18.3. The van der Waals surface area contributed by atoms with Crippen LogP contribution in [-0.2, 0) is 9.59 Å². The van der Waals surface area contributed by atoms with E-state index in [-0.39, 0.29) is 10.4 Å². The maximum Gasteiger partial charge on any atom is 0.318 e. The average Bonchev–Trinajstić information content (AvgIpc) is 3.01. The lowest BCUT2D eigenvalue weighted by molar-refractivity contribution is -0.133. The van der Waals surface area contributed by atoms with Gasteiger partial charge in [0.1, 0.15) is 11.3 Å². The van der Waals surface area contributed by atoms with Gasteiger partial charge in [-0.1, -0.05) is 11.8 Å². The van der Waals surface area contributed by atoms with Crippen molar-refractivity contribution < 1.29 is 9.59 Å². The summed E-state index contributed by atoms with van der Waals surface area (Å²) < 4.78 is 0. The van der Waals surface area contributed by atoms with Gasteiger partial charge >= 0.3 is 5.91 Å². The number of amides is 1. The maximum absolute atomic E-state index is 11.9. The molecule has 1 amide bonds. The molecule has 0 aromatic carbocycles. The number of carbonyl (C=O) groups excluding carboxylic acids is 2. The van der Waals surface area contributed by atoms with Crippen LogP contribution >= 0.6 is 11.8 Å². The number of thioether (sulfide) groups is 1. The van der Waals surface area contributed by atoms with Crippen LogP contribution in [0.1, 0.15) is 19.8 Å². The van der Waals surface area contributed by atoms with Crippen molar-refractivity contribution in [3.05, 3.63) is 17.2 Å². The number of nitrogens with two attached hydrogens (primary N) is 1. The highest BCUT2D eigenvalue weighted by atomic mass is 32.2. The Kier molecular flexibility index (Phi) is 4.08. The van der Waals surface area contributed by atoms with Gasteiger partial charge in [0.15, 0.2) is 10.7 Å². The summed E-state index contributed by atoms with van der Waals surface area (Å²) in [6.07, 6.45) is 6.29. The molecule has 4 rings (SSSR count). The van der Waals surface area contributed by atoms with Gasteiger partial charge in [-0.05, 0) is 25.8 Å². The molecule has 2 aromatic rings. The monoisotopic (exact) mass is 371 g/mol. The maximum atomic E-state index is 11.9. The van der Waals surface area contributed by atoms with E-state index in [1.807, 2.05) is 0 Å². The number of dihydropyridines is 1. The topological polar surface area (TPSA) is 130 Å². The van der Waals surface area contributed by atoms with E-state index in [4.69, 9.17) is 5.73 Å². The number of aromatic amines is 1. The molecule has 0 radical (unpaired) electrons. The molecule has 0 unspecified atom stereocenters. The number of H-pyrrole nitrogens is 1. The molecule has 10 heteroatoms. The smallest absolute Gasteiger partial charge is 0.318 e. The van der Waals surface area contributed by atoms with Crippen molar-refractivity contribution in [2.45, 2.75) is 30.3 Å². The number of piperidine rings is 1. The van der Waals surface area contributed by atoms with E-state index in [0.717, 1.165) is 43.5 Å². The molecule has 0 aliphatic carbocycles. The third-order valence-electron chi connectivity index (χ3n) is 4.50. The molecule has 0 saturated carbocycles. The molecule has 1 fully saturated rings. The van der Waals surface area contributed by atoms with E-state index in [1.54, 1.807) is 6.20 Å². The largest absolute Gasteiger partial charge is 0.355 e. The molecular formula is C16H17N7O2S. The average molecular weight is 371 g/mol. The van der Waals surface area contributed by atoms with Gasteiger partial charge < -0.3 is 10.6 Å². The van der Waals surface area contributed by atoms with Crippen molar-refractivity contribution in [3.63, 3.8) is 0 Å². The van der Waals surface area contributed by atoms with Crippen LogP contribution in [0.15, 0.2) is 27.2 Å². The Morgan fingerprint density at radius 1 is 1.31 bits per heavy atom. The first kappa shape index (κ1) is 16.9. The van der Waals surface area contributed by atoms with Crippen molar-refractivity contribution in [3.8, 4) is 0 Å². The fraction of sp³-hybridized carbons (Fsp3) is 0.375. The molecule has 1 saturated heterocycles. The first-order valence-electron chi connectivity index (χ1n) is 8.19. The van der Waals surface area contributed by atoms with E-state index in [0.29, 0.717) is 16.2 Å². The summed E-state index contributed by atoms with van der Waals surface area (Å²) in [4.78, 5) is 38.2. The number of carbonyl (C=O) groups is 2.